The number of rotatable bonds is 4. The molecule has 0 amide bonds. The van der Waals surface area contributed by atoms with E-state index in [0.717, 1.165) is 5.56 Å². The Morgan fingerprint density at radius 1 is 1.21 bits per heavy atom. The molecule has 0 aromatic heterocycles. The van der Waals surface area contributed by atoms with Crippen LogP contribution in [0.25, 0.3) is 0 Å². The Bertz CT molecular complexity index is 823. The third kappa shape index (κ3) is 3.44. The van der Waals surface area contributed by atoms with Gasteiger partial charge in [0, 0.05) is 13.1 Å². The molecule has 0 aliphatic carbocycles. The van der Waals surface area contributed by atoms with Crippen molar-refractivity contribution < 1.29 is 17.5 Å². The van der Waals surface area contributed by atoms with Crippen LogP contribution in [-0.4, -0.2) is 33.9 Å². The summed E-state index contributed by atoms with van der Waals surface area (Å²) in [5.41, 5.74) is 1.44. The van der Waals surface area contributed by atoms with Crippen LogP contribution in [0.5, 0.6) is 0 Å². The van der Waals surface area contributed by atoms with Crippen LogP contribution in [0.2, 0.25) is 0 Å². The monoisotopic (exact) mass is 349 g/mol. The molecule has 128 valence electrons. The number of halogens is 1. The van der Waals surface area contributed by atoms with Crippen molar-refractivity contribution in [2.24, 2.45) is 0 Å². The van der Waals surface area contributed by atoms with Gasteiger partial charge < -0.3 is 9.64 Å². The maximum absolute atomic E-state index is 13.5. The lowest BCUT2D eigenvalue weighted by Gasteiger charge is -2.35. The van der Waals surface area contributed by atoms with Gasteiger partial charge in [0.1, 0.15) is 11.9 Å². The third-order valence-electron chi connectivity index (χ3n) is 4.21. The molecule has 4 nitrogen and oxygen atoms in total. The lowest BCUT2D eigenvalue weighted by atomic mass is 10.1. The molecular weight excluding hydrogens is 329 g/mol. The summed E-state index contributed by atoms with van der Waals surface area (Å²) in [6.45, 7) is 3.18. The number of benzene rings is 2. The lowest BCUT2D eigenvalue weighted by molar-refractivity contribution is 0.0394. The molecule has 1 aliphatic rings. The highest BCUT2D eigenvalue weighted by Crippen LogP contribution is 2.31. The Hall–Kier alpha value is -1.92. The van der Waals surface area contributed by atoms with E-state index in [0.29, 0.717) is 30.3 Å². The molecule has 0 radical (unpaired) electrons. The topological polar surface area (TPSA) is 46.6 Å². The van der Waals surface area contributed by atoms with Crippen LogP contribution in [0.15, 0.2) is 53.4 Å². The maximum Gasteiger partial charge on any atom is 0.180 e. The fraction of sp³-hybridized carbons (Fsp3) is 0.333. The van der Waals surface area contributed by atoms with Gasteiger partial charge in [-0.25, -0.2) is 12.8 Å². The smallest absolute Gasteiger partial charge is 0.180 e. The van der Waals surface area contributed by atoms with Crippen molar-refractivity contribution in [2.45, 2.75) is 17.9 Å². The first-order valence-corrected chi connectivity index (χ1v) is 9.60. The van der Waals surface area contributed by atoms with E-state index >= 15 is 0 Å². The number of ether oxygens (including phenoxy) is 1. The van der Waals surface area contributed by atoms with Gasteiger partial charge in [0.2, 0.25) is 0 Å². The Labute approximate surface area is 141 Å². The molecule has 0 spiro atoms. The van der Waals surface area contributed by atoms with Crippen LogP contribution in [0, 0.1) is 5.82 Å². The van der Waals surface area contributed by atoms with Gasteiger partial charge >= 0.3 is 0 Å². The number of hydrogen-bond acceptors (Lipinski definition) is 4. The Morgan fingerprint density at radius 3 is 2.75 bits per heavy atom. The highest BCUT2D eigenvalue weighted by Gasteiger charge is 2.26. The first kappa shape index (κ1) is 16.9. The summed E-state index contributed by atoms with van der Waals surface area (Å²) in [6, 6.07) is 13.4. The van der Waals surface area contributed by atoms with Crippen molar-refractivity contribution in [1.82, 2.24) is 0 Å². The van der Waals surface area contributed by atoms with Crippen molar-refractivity contribution in [1.29, 1.82) is 0 Å². The van der Waals surface area contributed by atoms with Crippen LogP contribution in [0.3, 0.4) is 0 Å². The summed E-state index contributed by atoms with van der Waals surface area (Å²) in [4.78, 5) is 2.34. The molecule has 0 N–H and O–H groups in total. The molecule has 1 fully saturated rings. The van der Waals surface area contributed by atoms with E-state index < -0.39 is 9.84 Å². The van der Waals surface area contributed by atoms with Crippen LogP contribution in [0.4, 0.5) is 10.1 Å². The summed E-state index contributed by atoms with van der Waals surface area (Å²) in [6.07, 6.45) is -0.285. The van der Waals surface area contributed by atoms with Crippen molar-refractivity contribution in [3.05, 3.63) is 59.9 Å². The predicted molar refractivity (Wildman–Crippen MR) is 91.5 cm³/mol. The van der Waals surface area contributed by atoms with Crippen LogP contribution in [-0.2, 0) is 14.6 Å². The predicted octanol–water partition coefficient (Wildman–Crippen LogP) is 3.20. The number of para-hydroxylation sites is 1. The van der Waals surface area contributed by atoms with Crippen LogP contribution >= 0.6 is 0 Å². The Balaban J connectivity index is 1.91. The first-order chi connectivity index (χ1) is 11.5. The standard InChI is InChI=1S/C18H20FNO3S/c1-2-24(21,22)18-9-4-3-8-16(18)20-10-11-23-17(13-20)14-6-5-7-15(19)12-14/h3-9,12,17H,2,10-11,13H2,1H3. The second-order valence-electron chi connectivity index (χ2n) is 5.73. The second-order valence-corrected chi connectivity index (χ2v) is 7.98. The fourth-order valence-corrected chi connectivity index (χ4v) is 4.03. The van der Waals surface area contributed by atoms with Crippen LogP contribution < -0.4 is 4.90 Å². The molecule has 1 aliphatic heterocycles. The number of nitrogens with zero attached hydrogens (tertiary/aromatic N) is 1. The van der Waals surface area contributed by atoms with Crippen molar-refractivity contribution >= 4 is 15.5 Å². The third-order valence-corrected chi connectivity index (χ3v) is 5.98. The zero-order valence-electron chi connectivity index (χ0n) is 13.5. The normalized spacial score (nSPS) is 18.6. The molecule has 1 atom stereocenters. The highest BCUT2D eigenvalue weighted by atomic mass is 32.2. The van der Waals surface area contributed by atoms with Crippen LogP contribution in [0.1, 0.15) is 18.6 Å². The summed E-state index contributed by atoms with van der Waals surface area (Å²) in [5, 5.41) is 0. The molecule has 0 saturated carbocycles. The molecule has 1 unspecified atom stereocenters. The fourth-order valence-electron chi connectivity index (χ4n) is 2.91. The SMILES string of the molecule is CCS(=O)(=O)c1ccccc1N1CCOC(c2cccc(F)c2)C1. The van der Waals surface area contributed by atoms with E-state index in [2.05, 4.69) is 0 Å². The summed E-state index contributed by atoms with van der Waals surface area (Å²) in [5.74, 6) is -0.246. The number of hydrogen-bond donors (Lipinski definition) is 0. The number of anilines is 1. The van der Waals surface area contributed by atoms with E-state index in [1.165, 1.54) is 12.1 Å². The van der Waals surface area contributed by atoms with Gasteiger partial charge in [-0.1, -0.05) is 31.2 Å². The van der Waals surface area contributed by atoms with E-state index in [1.54, 1.807) is 25.1 Å². The zero-order valence-corrected chi connectivity index (χ0v) is 14.3. The quantitative estimate of drug-likeness (QED) is 0.850. The van der Waals surface area contributed by atoms with E-state index in [4.69, 9.17) is 4.74 Å². The van der Waals surface area contributed by atoms with Gasteiger partial charge in [-0.05, 0) is 29.8 Å². The average Bonchev–Trinajstić information content (AvgIpc) is 2.62. The van der Waals surface area contributed by atoms with Gasteiger partial charge in [0.25, 0.3) is 0 Å². The molecule has 0 bridgehead atoms. The van der Waals surface area contributed by atoms with Crippen molar-refractivity contribution in [2.75, 3.05) is 30.3 Å². The minimum Gasteiger partial charge on any atom is -0.370 e. The summed E-state index contributed by atoms with van der Waals surface area (Å²) in [7, 11) is -3.31. The molecule has 24 heavy (non-hydrogen) atoms. The van der Waals surface area contributed by atoms with Gasteiger partial charge in [-0.3, -0.25) is 0 Å². The largest absolute Gasteiger partial charge is 0.370 e. The maximum atomic E-state index is 13.5. The van der Waals surface area contributed by atoms with E-state index in [-0.39, 0.29) is 17.7 Å². The minimum absolute atomic E-state index is 0.0572. The number of sulfone groups is 1. The molecule has 6 heteroatoms. The highest BCUT2D eigenvalue weighted by molar-refractivity contribution is 7.91. The van der Waals surface area contributed by atoms with Gasteiger partial charge in [0.05, 0.1) is 22.9 Å². The lowest BCUT2D eigenvalue weighted by Crippen LogP contribution is -2.39. The molecule has 2 aromatic rings. The van der Waals surface area contributed by atoms with Gasteiger partial charge in [0.15, 0.2) is 9.84 Å². The van der Waals surface area contributed by atoms with E-state index in [1.807, 2.05) is 23.1 Å². The Morgan fingerprint density at radius 2 is 2.00 bits per heavy atom. The summed E-state index contributed by atoms with van der Waals surface area (Å²) < 4.78 is 43.9. The minimum atomic E-state index is -3.31. The molecule has 1 heterocycles. The number of morpholine rings is 1. The average molecular weight is 349 g/mol. The second kappa shape index (κ2) is 6.91. The zero-order chi connectivity index (χ0) is 17.2. The van der Waals surface area contributed by atoms with Crippen molar-refractivity contribution in [3.8, 4) is 0 Å². The van der Waals surface area contributed by atoms with Crippen molar-refractivity contribution in [3.63, 3.8) is 0 Å². The molecule has 2 aromatic carbocycles. The molecule has 3 rings (SSSR count). The van der Waals surface area contributed by atoms with Gasteiger partial charge in [-0.2, -0.15) is 0 Å². The Kier molecular flexibility index (Phi) is 4.87. The molecule has 1 saturated heterocycles. The molecular formula is C18H20FNO3S. The summed E-state index contributed by atoms with van der Waals surface area (Å²) >= 11 is 0. The first-order valence-electron chi connectivity index (χ1n) is 7.95. The van der Waals surface area contributed by atoms with E-state index in [9.17, 15) is 12.8 Å². The van der Waals surface area contributed by atoms with Gasteiger partial charge in [-0.15, -0.1) is 0 Å².